The normalized spacial score (nSPS) is 12.3. The van der Waals surface area contributed by atoms with E-state index < -0.39 is 16.8 Å². The summed E-state index contributed by atoms with van der Waals surface area (Å²) in [6.45, 7) is 2.01. The van der Waals surface area contributed by atoms with Crippen molar-refractivity contribution in [3.8, 4) is 0 Å². The molecule has 0 saturated heterocycles. The van der Waals surface area contributed by atoms with Crippen LogP contribution in [0.3, 0.4) is 0 Å². The summed E-state index contributed by atoms with van der Waals surface area (Å²) in [5, 5.41) is 8.47. The highest BCUT2D eigenvalue weighted by atomic mass is 32.2. The van der Waals surface area contributed by atoms with E-state index in [1.807, 2.05) is 31.2 Å². The van der Waals surface area contributed by atoms with Crippen LogP contribution in [0.1, 0.15) is 30.4 Å². The molecule has 0 aliphatic rings. The quantitative estimate of drug-likeness (QED) is 0.761. The molecule has 0 aromatic heterocycles. The topological polar surface area (TPSA) is 54.4 Å². The summed E-state index contributed by atoms with van der Waals surface area (Å²) < 4.78 is 11.8. The van der Waals surface area contributed by atoms with Gasteiger partial charge in [-0.15, -0.1) is 0 Å². The summed E-state index contributed by atoms with van der Waals surface area (Å²) in [5.41, 5.74) is 2.27. The van der Waals surface area contributed by atoms with Crippen LogP contribution < -0.4 is 0 Å². The van der Waals surface area contributed by atoms with Gasteiger partial charge in [0.2, 0.25) is 0 Å². The van der Waals surface area contributed by atoms with E-state index in [1.54, 1.807) is 0 Å². The third kappa shape index (κ3) is 5.63. The van der Waals surface area contributed by atoms with Crippen LogP contribution in [0.4, 0.5) is 0 Å². The summed E-state index contributed by atoms with van der Waals surface area (Å²) in [6.07, 6.45) is 1.49. The minimum atomic E-state index is -0.889. The Balaban J connectivity index is 2.30. The first-order valence-electron chi connectivity index (χ1n) is 5.71. The van der Waals surface area contributed by atoms with Gasteiger partial charge in [-0.25, -0.2) is 0 Å². The van der Waals surface area contributed by atoms with Crippen molar-refractivity contribution < 1.29 is 14.1 Å². The number of carbonyl (C=O) groups is 1. The molecule has 94 valence electrons. The van der Waals surface area contributed by atoms with Crippen molar-refractivity contribution in [2.24, 2.45) is 0 Å². The van der Waals surface area contributed by atoms with Crippen molar-refractivity contribution in [1.29, 1.82) is 0 Å². The Morgan fingerprint density at radius 1 is 1.29 bits per heavy atom. The minimum Gasteiger partial charge on any atom is -0.481 e. The van der Waals surface area contributed by atoms with Crippen LogP contribution in [0.2, 0.25) is 0 Å². The van der Waals surface area contributed by atoms with Gasteiger partial charge < -0.3 is 5.11 Å². The fraction of sp³-hybridized carbons (Fsp3) is 0.462. The van der Waals surface area contributed by atoms with E-state index in [4.69, 9.17) is 5.11 Å². The second-order valence-corrected chi connectivity index (χ2v) is 5.64. The largest absolute Gasteiger partial charge is 0.481 e. The first kappa shape index (κ1) is 13.9. The van der Waals surface area contributed by atoms with Gasteiger partial charge >= 0.3 is 5.97 Å². The van der Waals surface area contributed by atoms with E-state index in [0.717, 1.165) is 11.1 Å². The number of aryl methyl sites for hydroxylation is 1. The Hall–Kier alpha value is -1.16. The molecule has 0 spiro atoms. The molecule has 1 unspecified atom stereocenters. The van der Waals surface area contributed by atoms with Crippen LogP contribution >= 0.6 is 0 Å². The second-order valence-electron chi connectivity index (χ2n) is 4.07. The molecule has 3 nitrogen and oxygen atoms in total. The molecule has 0 heterocycles. The summed E-state index contributed by atoms with van der Waals surface area (Å²) in [6, 6.07) is 7.92. The van der Waals surface area contributed by atoms with Crippen LogP contribution in [0.15, 0.2) is 24.3 Å². The van der Waals surface area contributed by atoms with E-state index in [1.165, 1.54) is 0 Å². The Kier molecular flexibility index (Phi) is 5.91. The zero-order chi connectivity index (χ0) is 12.7. The first-order valence-corrected chi connectivity index (χ1v) is 7.19. The molecule has 1 atom stereocenters. The maximum Gasteiger partial charge on any atom is 0.303 e. The van der Waals surface area contributed by atoms with Crippen LogP contribution in [0.25, 0.3) is 0 Å². The van der Waals surface area contributed by atoms with E-state index in [2.05, 4.69) is 0 Å². The van der Waals surface area contributed by atoms with Crippen LogP contribution in [0.5, 0.6) is 0 Å². The Morgan fingerprint density at radius 3 is 2.65 bits per heavy atom. The van der Waals surface area contributed by atoms with Crippen molar-refractivity contribution >= 4 is 16.8 Å². The van der Waals surface area contributed by atoms with Crippen LogP contribution in [-0.4, -0.2) is 21.0 Å². The Bertz CT molecular complexity index is 401. The zero-order valence-electron chi connectivity index (χ0n) is 10.0. The standard InChI is InChI=1S/C13H18O3S/c1-11-6-2-3-7-12(11)10-17(16)9-5-4-8-13(14)15/h2-3,6-7H,4-5,8-10H2,1H3,(H,14,15). The minimum absolute atomic E-state index is 0.168. The van der Waals surface area contributed by atoms with Crippen molar-refractivity contribution in [3.63, 3.8) is 0 Å². The van der Waals surface area contributed by atoms with E-state index in [9.17, 15) is 9.00 Å². The number of hydrogen-bond donors (Lipinski definition) is 1. The Labute approximate surface area is 104 Å². The lowest BCUT2D eigenvalue weighted by Gasteiger charge is -2.05. The molecule has 0 fully saturated rings. The molecule has 0 radical (unpaired) electrons. The molecule has 0 aliphatic heterocycles. The van der Waals surface area contributed by atoms with Crippen LogP contribution in [-0.2, 0) is 21.3 Å². The summed E-state index contributed by atoms with van der Waals surface area (Å²) in [7, 11) is -0.889. The van der Waals surface area contributed by atoms with Crippen molar-refractivity contribution in [2.45, 2.75) is 31.9 Å². The lowest BCUT2D eigenvalue weighted by Crippen LogP contribution is -2.03. The van der Waals surface area contributed by atoms with Crippen molar-refractivity contribution in [3.05, 3.63) is 35.4 Å². The molecule has 0 amide bonds. The highest BCUT2D eigenvalue weighted by molar-refractivity contribution is 7.84. The molecule has 1 aromatic rings. The number of rotatable bonds is 7. The molecule has 1 aromatic carbocycles. The van der Waals surface area contributed by atoms with Gasteiger partial charge in [0.05, 0.1) is 0 Å². The van der Waals surface area contributed by atoms with Crippen molar-refractivity contribution in [2.75, 3.05) is 5.75 Å². The second kappa shape index (κ2) is 7.22. The van der Waals surface area contributed by atoms with E-state index >= 15 is 0 Å². The molecule has 0 bridgehead atoms. The van der Waals surface area contributed by atoms with Gasteiger partial charge in [-0.05, 0) is 30.9 Å². The smallest absolute Gasteiger partial charge is 0.303 e. The number of carboxylic acids is 1. The fourth-order valence-electron chi connectivity index (χ4n) is 1.56. The third-order valence-corrected chi connectivity index (χ3v) is 3.97. The summed E-state index contributed by atoms with van der Waals surface area (Å²) >= 11 is 0. The third-order valence-electron chi connectivity index (χ3n) is 2.59. The van der Waals surface area contributed by atoms with Gasteiger partial charge in [0, 0.05) is 28.7 Å². The maximum absolute atomic E-state index is 11.8. The summed E-state index contributed by atoms with van der Waals surface area (Å²) in [5.74, 6) is 0.371. The molecule has 0 saturated carbocycles. The van der Waals surface area contributed by atoms with Gasteiger partial charge in [0.25, 0.3) is 0 Å². The Morgan fingerprint density at radius 2 is 2.00 bits per heavy atom. The lowest BCUT2D eigenvalue weighted by molar-refractivity contribution is -0.137. The van der Waals surface area contributed by atoms with E-state index in [-0.39, 0.29) is 6.42 Å². The molecular formula is C13H18O3S. The van der Waals surface area contributed by atoms with Gasteiger partial charge in [-0.1, -0.05) is 24.3 Å². The number of carboxylic acid groups (broad SMARTS) is 1. The maximum atomic E-state index is 11.8. The van der Waals surface area contributed by atoms with Crippen molar-refractivity contribution in [1.82, 2.24) is 0 Å². The SMILES string of the molecule is Cc1ccccc1CS(=O)CCCCC(=O)O. The highest BCUT2D eigenvalue weighted by Gasteiger charge is 2.04. The predicted octanol–water partition coefficient (Wildman–Crippen LogP) is 2.50. The van der Waals surface area contributed by atoms with E-state index in [0.29, 0.717) is 24.3 Å². The number of hydrogen-bond acceptors (Lipinski definition) is 2. The van der Waals surface area contributed by atoms with Gasteiger partial charge in [-0.2, -0.15) is 0 Å². The molecule has 4 heteroatoms. The lowest BCUT2D eigenvalue weighted by atomic mass is 10.1. The van der Waals surface area contributed by atoms with Gasteiger partial charge in [0.1, 0.15) is 0 Å². The fourth-order valence-corrected chi connectivity index (χ4v) is 2.90. The molecule has 1 rings (SSSR count). The predicted molar refractivity (Wildman–Crippen MR) is 69.4 cm³/mol. The highest BCUT2D eigenvalue weighted by Crippen LogP contribution is 2.10. The molecule has 17 heavy (non-hydrogen) atoms. The van der Waals surface area contributed by atoms with Crippen LogP contribution in [0, 0.1) is 6.92 Å². The molecule has 0 aliphatic carbocycles. The average molecular weight is 254 g/mol. The molecular weight excluding hydrogens is 236 g/mol. The summed E-state index contributed by atoms with van der Waals surface area (Å²) in [4.78, 5) is 10.3. The number of unbranched alkanes of at least 4 members (excludes halogenated alkanes) is 1. The van der Waals surface area contributed by atoms with Gasteiger partial charge in [-0.3, -0.25) is 9.00 Å². The average Bonchev–Trinajstić information content (AvgIpc) is 2.27. The number of aliphatic carboxylic acids is 1. The zero-order valence-corrected chi connectivity index (χ0v) is 10.8. The first-order chi connectivity index (χ1) is 8.09. The molecule has 1 N–H and O–H groups in total. The van der Waals surface area contributed by atoms with Gasteiger partial charge in [0.15, 0.2) is 0 Å². The number of benzene rings is 1. The monoisotopic (exact) mass is 254 g/mol.